The second-order valence-electron chi connectivity index (χ2n) is 4.17. The van der Waals surface area contributed by atoms with E-state index in [1.165, 1.54) is 24.0 Å². The van der Waals surface area contributed by atoms with Gasteiger partial charge in [-0.25, -0.2) is 4.39 Å². The number of halogens is 1. The average molecular weight is 253 g/mol. The quantitative estimate of drug-likeness (QED) is 0.772. The van der Waals surface area contributed by atoms with Crippen molar-refractivity contribution in [2.45, 2.75) is 6.92 Å². The SMILES string of the molecule is Cc1cc(N)cc(C(=O)NCC(=O)N(C)C)c1F. The lowest BCUT2D eigenvalue weighted by Gasteiger charge is -2.12. The molecule has 1 rings (SSSR count). The van der Waals surface area contributed by atoms with E-state index in [1.54, 1.807) is 14.1 Å². The topological polar surface area (TPSA) is 75.4 Å². The van der Waals surface area contributed by atoms with E-state index in [0.717, 1.165) is 0 Å². The second-order valence-corrected chi connectivity index (χ2v) is 4.17. The van der Waals surface area contributed by atoms with Gasteiger partial charge in [0.05, 0.1) is 12.1 Å². The van der Waals surface area contributed by atoms with Gasteiger partial charge >= 0.3 is 0 Å². The second kappa shape index (κ2) is 5.48. The van der Waals surface area contributed by atoms with Crippen molar-refractivity contribution in [1.82, 2.24) is 10.2 Å². The lowest BCUT2D eigenvalue weighted by molar-refractivity contribution is -0.127. The number of hydrogen-bond acceptors (Lipinski definition) is 3. The molecule has 5 nitrogen and oxygen atoms in total. The Labute approximate surface area is 105 Å². The molecule has 18 heavy (non-hydrogen) atoms. The normalized spacial score (nSPS) is 10.0. The summed E-state index contributed by atoms with van der Waals surface area (Å²) in [6.07, 6.45) is 0. The molecule has 98 valence electrons. The summed E-state index contributed by atoms with van der Waals surface area (Å²) in [4.78, 5) is 24.3. The number of nitrogens with two attached hydrogens (primary N) is 1. The van der Waals surface area contributed by atoms with E-state index in [2.05, 4.69) is 5.32 Å². The molecule has 3 N–H and O–H groups in total. The van der Waals surface area contributed by atoms with Crippen LogP contribution in [-0.2, 0) is 4.79 Å². The molecule has 0 aliphatic rings. The molecule has 0 fully saturated rings. The third-order valence-electron chi connectivity index (χ3n) is 2.42. The van der Waals surface area contributed by atoms with Crippen molar-refractivity contribution >= 4 is 17.5 Å². The number of benzene rings is 1. The van der Waals surface area contributed by atoms with Gasteiger partial charge in [-0.05, 0) is 24.6 Å². The van der Waals surface area contributed by atoms with Crippen molar-refractivity contribution < 1.29 is 14.0 Å². The van der Waals surface area contributed by atoms with Crippen LogP contribution in [0.15, 0.2) is 12.1 Å². The van der Waals surface area contributed by atoms with Crippen molar-refractivity contribution in [1.29, 1.82) is 0 Å². The van der Waals surface area contributed by atoms with Crippen LogP contribution in [0.2, 0.25) is 0 Å². The van der Waals surface area contributed by atoms with Crippen LogP contribution < -0.4 is 11.1 Å². The summed E-state index contributed by atoms with van der Waals surface area (Å²) >= 11 is 0. The van der Waals surface area contributed by atoms with Gasteiger partial charge in [0.1, 0.15) is 5.82 Å². The van der Waals surface area contributed by atoms with Crippen LogP contribution in [0.3, 0.4) is 0 Å². The van der Waals surface area contributed by atoms with E-state index in [4.69, 9.17) is 5.73 Å². The molecule has 1 aromatic rings. The first-order chi connectivity index (χ1) is 8.32. The van der Waals surface area contributed by atoms with Gasteiger partial charge in [-0.1, -0.05) is 0 Å². The fourth-order valence-corrected chi connectivity index (χ4v) is 1.37. The predicted molar refractivity (Wildman–Crippen MR) is 66.6 cm³/mol. The van der Waals surface area contributed by atoms with Crippen LogP contribution >= 0.6 is 0 Å². The van der Waals surface area contributed by atoms with E-state index >= 15 is 0 Å². The molecule has 0 aromatic heterocycles. The largest absolute Gasteiger partial charge is 0.399 e. The highest BCUT2D eigenvalue weighted by molar-refractivity contribution is 5.97. The third-order valence-corrected chi connectivity index (χ3v) is 2.42. The Morgan fingerprint density at radius 1 is 1.39 bits per heavy atom. The van der Waals surface area contributed by atoms with Crippen molar-refractivity contribution in [2.24, 2.45) is 0 Å². The highest BCUT2D eigenvalue weighted by Crippen LogP contribution is 2.16. The number of aryl methyl sites for hydroxylation is 1. The van der Waals surface area contributed by atoms with Crippen molar-refractivity contribution in [3.63, 3.8) is 0 Å². The number of rotatable bonds is 3. The molecule has 0 aliphatic heterocycles. The molecular formula is C12H16FN3O2. The number of carbonyl (C=O) groups excluding carboxylic acids is 2. The van der Waals surface area contributed by atoms with E-state index in [0.29, 0.717) is 11.3 Å². The first-order valence-electron chi connectivity index (χ1n) is 5.37. The molecule has 0 unspecified atom stereocenters. The van der Waals surface area contributed by atoms with Crippen molar-refractivity contribution in [3.05, 3.63) is 29.1 Å². The Morgan fingerprint density at radius 3 is 2.56 bits per heavy atom. The minimum atomic E-state index is -0.655. The van der Waals surface area contributed by atoms with Gasteiger partial charge in [0.15, 0.2) is 0 Å². The van der Waals surface area contributed by atoms with E-state index in [9.17, 15) is 14.0 Å². The molecule has 6 heteroatoms. The minimum Gasteiger partial charge on any atom is -0.399 e. The lowest BCUT2D eigenvalue weighted by atomic mass is 10.1. The first-order valence-corrected chi connectivity index (χ1v) is 5.37. The molecule has 2 amide bonds. The number of amides is 2. The van der Waals surface area contributed by atoms with E-state index < -0.39 is 11.7 Å². The maximum Gasteiger partial charge on any atom is 0.254 e. The summed E-state index contributed by atoms with van der Waals surface area (Å²) < 4.78 is 13.7. The molecular weight excluding hydrogens is 237 g/mol. The summed E-state index contributed by atoms with van der Waals surface area (Å²) in [7, 11) is 3.14. The lowest BCUT2D eigenvalue weighted by Crippen LogP contribution is -2.36. The number of carbonyl (C=O) groups is 2. The molecule has 0 bridgehead atoms. The molecule has 1 aromatic carbocycles. The summed E-state index contributed by atoms with van der Waals surface area (Å²) in [6.45, 7) is 1.34. The predicted octanol–water partition coefficient (Wildman–Crippen LogP) is 0.534. The fourth-order valence-electron chi connectivity index (χ4n) is 1.37. The molecule has 0 saturated heterocycles. The van der Waals surface area contributed by atoms with Gasteiger partial charge in [0.25, 0.3) is 5.91 Å². The van der Waals surface area contributed by atoms with Gasteiger partial charge in [0, 0.05) is 19.8 Å². The van der Waals surface area contributed by atoms with Crippen LogP contribution in [-0.4, -0.2) is 37.4 Å². The zero-order valence-corrected chi connectivity index (χ0v) is 10.6. The Morgan fingerprint density at radius 2 is 2.00 bits per heavy atom. The highest BCUT2D eigenvalue weighted by Gasteiger charge is 2.15. The monoisotopic (exact) mass is 253 g/mol. The Kier molecular flexibility index (Phi) is 4.25. The zero-order valence-electron chi connectivity index (χ0n) is 10.6. The van der Waals surface area contributed by atoms with Gasteiger partial charge in [-0.3, -0.25) is 9.59 Å². The Hall–Kier alpha value is -2.11. The fraction of sp³-hybridized carbons (Fsp3) is 0.333. The van der Waals surface area contributed by atoms with Crippen LogP contribution in [0.5, 0.6) is 0 Å². The maximum absolute atomic E-state index is 13.7. The maximum atomic E-state index is 13.7. The summed E-state index contributed by atoms with van der Waals surface area (Å²) in [6, 6.07) is 2.69. The van der Waals surface area contributed by atoms with Gasteiger partial charge < -0.3 is 16.0 Å². The zero-order chi connectivity index (χ0) is 13.9. The van der Waals surface area contributed by atoms with Gasteiger partial charge in [-0.15, -0.1) is 0 Å². The number of hydrogen-bond donors (Lipinski definition) is 2. The molecule has 0 aliphatic carbocycles. The number of nitrogen functional groups attached to an aromatic ring is 1. The molecule has 0 heterocycles. The van der Waals surface area contributed by atoms with Crippen LogP contribution in [0.4, 0.5) is 10.1 Å². The van der Waals surface area contributed by atoms with Gasteiger partial charge in [0.2, 0.25) is 5.91 Å². The van der Waals surface area contributed by atoms with E-state index in [-0.39, 0.29) is 18.0 Å². The Bertz CT molecular complexity index is 486. The van der Waals surface area contributed by atoms with E-state index in [1.807, 2.05) is 0 Å². The number of anilines is 1. The molecule has 0 radical (unpaired) electrons. The van der Waals surface area contributed by atoms with Crippen molar-refractivity contribution in [3.8, 4) is 0 Å². The summed E-state index contributed by atoms with van der Waals surface area (Å²) in [5.41, 5.74) is 5.99. The average Bonchev–Trinajstić information content (AvgIpc) is 2.29. The number of likely N-dealkylation sites (N-methyl/N-ethyl adjacent to an activating group) is 1. The van der Waals surface area contributed by atoms with Crippen LogP contribution in [0.1, 0.15) is 15.9 Å². The van der Waals surface area contributed by atoms with Gasteiger partial charge in [-0.2, -0.15) is 0 Å². The van der Waals surface area contributed by atoms with Crippen LogP contribution in [0, 0.1) is 12.7 Å². The summed E-state index contributed by atoms with van der Waals surface area (Å²) in [5, 5.41) is 2.35. The smallest absolute Gasteiger partial charge is 0.254 e. The summed E-state index contributed by atoms with van der Waals surface area (Å²) in [5.74, 6) is -1.55. The standard InChI is InChI=1S/C12H16FN3O2/c1-7-4-8(14)5-9(11(7)13)12(18)15-6-10(17)16(2)3/h4-5H,6,14H2,1-3H3,(H,15,18). The van der Waals surface area contributed by atoms with Crippen LogP contribution in [0.25, 0.3) is 0 Å². The van der Waals surface area contributed by atoms with Crippen molar-refractivity contribution in [2.75, 3.05) is 26.4 Å². The number of nitrogens with one attached hydrogen (secondary N) is 1. The molecule has 0 spiro atoms. The first kappa shape index (κ1) is 14.0. The highest BCUT2D eigenvalue weighted by atomic mass is 19.1. The molecule has 0 atom stereocenters. The third kappa shape index (κ3) is 3.19. The molecule has 0 saturated carbocycles. The number of nitrogens with zero attached hydrogens (tertiary/aromatic N) is 1. The minimum absolute atomic E-state index is 0.154. The Balaban J connectivity index is 2.82.